The summed E-state index contributed by atoms with van der Waals surface area (Å²) in [6, 6.07) is 74.2. The number of benzene rings is 9. The number of hydrogen-bond acceptors (Lipinski definition) is 6. The molecule has 9 aromatic carbocycles. The van der Waals surface area contributed by atoms with Crippen molar-refractivity contribution in [3.05, 3.63) is 206 Å². The average molecular weight is 823 g/mol. The van der Waals surface area contributed by atoms with Gasteiger partial charge >= 0.3 is 0 Å². The maximum Gasteiger partial charge on any atom is 0.143 e. The van der Waals surface area contributed by atoms with E-state index in [-0.39, 0.29) is 0 Å². The summed E-state index contributed by atoms with van der Waals surface area (Å²) in [6.07, 6.45) is 0. The first-order valence-electron chi connectivity index (χ1n) is 20.0. The highest BCUT2D eigenvalue weighted by Gasteiger charge is 2.23. The van der Waals surface area contributed by atoms with Gasteiger partial charge in [-0.15, -0.1) is 11.3 Å². The van der Waals surface area contributed by atoms with Crippen LogP contribution < -0.4 is 9.80 Å². The Morgan fingerprint density at radius 2 is 0.867 bits per heavy atom. The van der Waals surface area contributed by atoms with Gasteiger partial charge in [-0.25, -0.2) is 0 Å². The molecule has 6 heteroatoms. The number of anilines is 6. The van der Waals surface area contributed by atoms with Crippen molar-refractivity contribution in [1.82, 2.24) is 0 Å². The van der Waals surface area contributed by atoms with Crippen LogP contribution in [0.5, 0.6) is 0 Å². The number of furan rings is 1. The Hall–Kier alpha value is -6.70. The first-order valence-corrected chi connectivity index (χ1v) is 22.4. The van der Waals surface area contributed by atoms with Gasteiger partial charge in [0.25, 0.3) is 0 Å². The monoisotopic (exact) mass is 822 g/mol. The summed E-state index contributed by atoms with van der Waals surface area (Å²) in [7, 11) is 0. The van der Waals surface area contributed by atoms with Gasteiger partial charge in [-0.1, -0.05) is 121 Å². The molecule has 0 saturated carbocycles. The van der Waals surface area contributed by atoms with Crippen LogP contribution in [0.3, 0.4) is 0 Å². The summed E-state index contributed by atoms with van der Waals surface area (Å²) in [6.45, 7) is 0. The summed E-state index contributed by atoms with van der Waals surface area (Å²) in [5.41, 5.74) is 10.7. The number of thiophene rings is 1. The Labute approximate surface area is 360 Å². The summed E-state index contributed by atoms with van der Waals surface area (Å²) < 4.78 is 9.34. The van der Waals surface area contributed by atoms with E-state index >= 15 is 0 Å². The molecule has 12 rings (SSSR count). The molecule has 3 nitrogen and oxygen atoms in total. The van der Waals surface area contributed by atoms with Crippen LogP contribution in [0.2, 0.25) is 0 Å². The molecule has 3 heterocycles. The van der Waals surface area contributed by atoms with E-state index in [1.807, 2.05) is 34.9 Å². The SMILES string of the molecule is c1ccc(N(c2ccccc2)c2ccc3oc4c(-c5ccc6c(c5)Sc5cc(N(c7ccccc7)c7ccc8sc9ccccc9c8c7)ccc5S6)cccc4c3c2)cc1. The molecule has 1 aliphatic rings. The van der Waals surface area contributed by atoms with Gasteiger partial charge in [0.05, 0.1) is 0 Å². The molecule has 1 aliphatic heterocycles. The van der Waals surface area contributed by atoms with Crippen LogP contribution in [0.4, 0.5) is 34.1 Å². The Kier molecular flexibility index (Phi) is 8.54. The number of para-hydroxylation sites is 4. The molecule has 0 fully saturated rings. The van der Waals surface area contributed by atoms with Crippen LogP contribution in [-0.2, 0) is 0 Å². The third kappa shape index (κ3) is 6.06. The number of nitrogens with zero attached hydrogens (tertiary/aromatic N) is 2. The van der Waals surface area contributed by atoms with Crippen LogP contribution in [0.1, 0.15) is 0 Å². The third-order valence-electron chi connectivity index (χ3n) is 11.3. The highest BCUT2D eigenvalue weighted by molar-refractivity contribution is 8.05. The van der Waals surface area contributed by atoms with E-state index in [1.54, 1.807) is 0 Å². The van der Waals surface area contributed by atoms with Crippen molar-refractivity contribution in [2.45, 2.75) is 19.6 Å². The fourth-order valence-corrected chi connectivity index (χ4v) is 11.9. The van der Waals surface area contributed by atoms with Crippen molar-refractivity contribution in [1.29, 1.82) is 0 Å². The van der Waals surface area contributed by atoms with Crippen molar-refractivity contribution < 1.29 is 4.42 Å². The molecule has 0 N–H and O–H groups in total. The fourth-order valence-electron chi connectivity index (χ4n) is 8.51. The van der Waals surface area contributed by atoms with Crippen molar-refractivity contribution in [3.8, 4) is 11.1 Å². The third-order valence-corrected chi connectivity index (χ3v) is 15.0. The van der Waals surface area contributed by atoms with Crippen LogP contribution in [0.25, 0.3) is 53.2 Å². The molecule has 0 radical (unpaired) electrons. The summed E-state index contributed by atoms with van der Waals surface area (Å²) >= 11 is 5.55. The minimum atomic E-state index is 0.876. The van der Waals surface area contributed by atoms with Crippen molar-refractivity contribution >= 4 is 111 Å². The topological polar surface area (TPSA) is 19.6 Å². The van der Waals surface area contributed by atoms with Gasteiger partial charge in [-0.3, -0.25) is 0 Å². The molecule has 60 heavy (non-hydrogen) atoms. The molecule has 2 aromatic heterocycles. The van der Waals surface area contributed by atoms with Gasteiger partial charge in [0.1, 0.15) is 11.2 Å². The zero-order chi connectivity index (χ0) is 39.6. The molecule has 284 valence electrons. The lowest BCUT2D eigenvalue weighted by Crippen LogP contribution is -2.10. The van der Waals surface area contributed by atoms with Gasteiger partial charge < -0.3 is 14.2 Å². The smallest absolute Gasteiger partial charge is 0.143 e. The molecular weight excluding hydrogens is 789 g/mol. The highest BCUT2D eigenvalue weighted by atomic mass is 32.2. The predicted molar refractivity (Wildman–Crippen MR) is 256 cm³/mol. The lowest BCUT2D eigenvalue weighted by Gasteiger charge is -2.27. The second-order valence-electron chi connectivity index (χ2n) is 14.9. The van der Waals surface area contributed by atoms with Crippen molar-refractivity contribution in [2.75, 3.05) is 9.80 Å². The second kappa shape index (κ2) is 14.5. The van der Waals surface area contributed by atoms with E-state index in [2.05, 4.69) is 216 Å². The zero-order valence-corrected chi connectivity index (χ0v) is 34.6. The second-order valence-corrected chi connectivity index (χ2v) is 18.2. The van der Waals surface area contributed by atoms with Gasteiger partial charge in [0.15, 0.2) is 0 Å². The lowest BCUT2D eigenvalue weighted by atomic mass is 10.0. The molecule has 0 saturated heterocycles. The Morgan fingerprint density at radius 3 is 1.60 bits per heavy atom. The van der Waals surface area contributed by atoms with Gasteiger partial charge in [0, 0.05) is 90.2 Å². The zero-order valence-electron chi connectivity index (χ0n) is 32.2. The molecule has 0 aliphatic carbocycles. The molecule has 0 bridgehead atoms. The minimum Gasteiger partial charge on any atom is -0.455 e. The van der Waals surface area contributed by atoms with E-state index in [1.165, 1.54) is 39.8 Å². The quantitative estimate of drug-likeness (QED) is 0.159. The van der Waals surface area contributed by atoms with Crippen LogP contribution in [0, 0.1) is 0 Å². The van der Waals surface area contributed by atoms with E-state index in [0.717, 1.165) is 67.2 Å². The van der Waals surface area contributed by atoms with Gasteiger partial charge in [-0.2, -0.15) is 0 Å². The first kappa shape index (κ1) is 35.3. The predicted octanol–water partition coefficient (Wildman–Crippen LogP) is 17.2. The average Bonchev–Trinajstić information content (AvgIpc) is 3.87. The molecule has 0 unspecified atom stereocenters. The maximum atomic E-state index is 6.72. The Morgan fingerprint density at radius 1 is 0.333 bits per heavy atom. The summed E-state index contributed by atoms with van der Waals surface area (Å²) in [4.78, 5) is 9.72. The first-order chi connectivity index (χ1) is 29.7. The van der Waals surface area contributed by atoms with Gasteiger partial charge in [0.2, 0.25) is 0 Å². The number of fused-ring (bicyclic) bond motifs is 8. The Balaban J connectivity index is 0.908. The van der Waals surface area contributed by atoms with Crippen LogP contribution in [0.15, 0.2) is 230 Å². The lowest BCUT2D eigenvalue weighted by molar-refractivity contribution is 0.670. The normalized spacial score (nSPS) is 12.2. The fraction of sp³-hybridized carbons (Fsp3) is 0. The van der Waals surface area contributed by atoms with Crippen LogP contribution >= 0.6 is 34.9 Å². The van der Waals surface area contributed by atoms with E-state index in [0.29, 0.717) is 0 Å². The maximum absolute atomic E-state index is 6.72. The van der Waals surface area contributed by atoms with Crippen molar-refractivity contribution in [3.63, 3.8) is 0 Å². The molecule has 0 spiro atoms. The minimum absolute atomic E-state index is 0.876. The Bertz CT molecular complexity index is 3360. The van der Waals surface area contributed by atoms with Crippen LogP contribution in [-0.4, -0.2) is 0 Å². The van der Waals surface area contributed by atoms with E-state index in [9.17, 15) is 0 Å². The largest absolute Gasteiger partial charge is 0.455 e. The molecule has 0 amide bonds. The molecule has 0 atom stereocenters. The summed E-state index contributed by atoms with van der Waals surface area (Å²) in [5.74, 6) is 0. The number of rotatable bonds is 7. The number of hydrogen-bond donors (Lipinski definition) is 0. The van der Waals surface area contributed by atoms with E-state index < -0.39 is 0 Å². The highest BCUT2D eigenvalue weighted by Crippen LogP contribution is 2.52. The summed E-state index contributed by atoms with van der Waals surface area (Å²) in [5, 5.41) is 4.80. The molecule has 11 aromatic rings. The van der Waals surface area contributed by atoms with Crippen molar-refractivity contribution in [2.24, 2.45) is 0 Å². The molecular formula is C54H34N2OS3. The van der Waals surface area contributed by atoms with E-state index in [4.69, 9.17) is 4.42 Å². The van der Waals surface area contributed by atoms with Gasteiger partial charge in [-0.05, 0) is 115 Å². The standard InChI is InChI=1S/C54H34N2OS3/c1-4-13-36(14-5-1)55(37-15-6-2-7-16-37)39-24-27-47-45(32-39)44-21-12-20-42(54(44)57-47)35-23-28-50-52(31-35)60-53-34-41(26-30-51(53)59-50)56(38-17-8-3-9-18-38)40-25-29-49-46(33-40)43-19-10-11-22-48(43)58-49/h1-34H.